The van der Waals surface area contributed by atoms with E-state index in [1.807, 2.05) is 0 Å². The second-order valence-electron chi connectivity index (χ2n) is 21.7. The number of ether oxygens (including phenoxy) is 10. The van der Waals surface area contributed by atoms with E-state index in [9.17, 15) is 38.4 Å². The number of benzene rings is 7. The van der Waals surface area contributed by atoms with Crippen molar-refractivity contribution in [3.63, 3.8) is 0 Å². The van der Waals surface area contributed by atoms with Crippen LogP contribution < -0.4 is 0 Å². The van der Waals surface area contributed by atoms with E-state index in [-0.39, 0.29) is 51.1 Å². The highest BCUT2D eigenvalue weighted by Crippen LogP contribution is 2.38. The number of esters is 7. The molecule has 0 radical (unpaired) electrons. The largest absolute Gasteiger partial charge is 0.459 e. The molecule has 90 heavy (non-hydrogen) atoms. The van der Waals surface area contributed by atoms with Gasteiger partial charge in [-0.25, -0.2) is 33.6 Å². The maximum absolute atomic E-state index is 14.8. The van der Waals surface area contributed by atoms with Gasteiger partial charge in [-0.2, -0.15) is 0 Å². The number of carbonyl (C=O) groups excluding carboxylic acids is 8. The number of ketones is 1. The van der Waals surface area contributed by atoms with E-state index in [1.54, 1.807) is 159 Å². The Morgan fingerprint density at radius 3 is 0.933 bits per heavy atom. The fourth-order valence-corrected chi connectivity index (χ4v) is 10.5. The third-order valence-electron chi connectivity index (χ3n) is 15.2. The number of rotatable bonds is 28. The van der Waals surface area contributed by atoms with Crippen LogP contribution in [0, 0.1) is 0 Å². The second kappa shape index (κ2) is 33.1. The standard InChI is InChI=1S/C72H70O18/c1-48(73)30-14-5-3-2-4-6-29-45-56-59(85-67(76)51-35-19-9-20-36-51)62(87-69(78)53-39-23-11-24-40-53)61(57(83-56)46-81-65(74)49-31-15-7-16-32-49)90-72-64(89-71(80)55-43-27-13-28-44-55)63(88-70(79)54-41-25-12-26-42-54)60(86-68(77)52-37-21-10-22-38-52)58(84-72)47-82-66(75)50-33-17-8-18-34-50/h7-13,15-28,31-44,56-64,72H,2-6,14,29-30,45-47H2,1H3. The highest BCUT2D eigenvalue weighted by molar-refractivity contribution is 5.93. The van der Waals surface area contributed by atoms with Gasteiger partial charge in [0.2, 0.25) is 0 Å². The van der Waals surface area contributed by atoms with Gasteiger partial charge in [0, 0.05) is 6.42 Å². The summed E-state index contributed by atoms with van der Waals surface area (Å²) in [5, 5.41) is 0. The lowest BCUT2D eigenvalue weighted by atomic mass is 9.90. The van der Waals surface area contributed by atoms with Crippen LogP contribution in [0.25, 0.3) is 0 Å². The first-order valence-electron chi connectivity index (χ1n) is 30.1. The molecule has 18 heteroatoms. The molecule has 0 N–H and O–H groups in total. The Morgan fingerprint density at radius 2 is 0.578 bits per heavy atom. The summed E-state index contributed by atoms with van der Waals surface area (Å²) in [5.41, 5.74) is 0.657. The third kappa shape index (κ3) is 18.2. The zero-order valence-corrected chi connectivity index (χ0v) is 49.6. The lowest BCUT2D eigenvalue weighted by Crippen LogP contribution is -2.67. The van der Waals surface area contributed by atoms with Gasteiger partial charge in [0.1, 0.15) is 37.3 Å². The zero-order valence-electron chi connectivity index (χ0n) is 49.6. The Morgan fingerprint density at radius 1 is 0.300 bits per heavy atom. The summed E-state index contributed by atoms with van der Waals surface area (Å²) in [6.45, 7) is 0.259. The maximum atomic E-state index is 14.8. The van der Waals surface area contributed by atoms with Gasteiger partial charge >= 0.3 is 41.8 Å². The molecular formula is C72H70O18. The van der Waals surface area contributed by atoms with E-state index in [4.69, 9.17) is 47.4 Å². The van der Waals surface area contributed by atoms with Crippen LogP contribution in [0.1, 0.15) is 137 Å². The number of carbonyl (C=O) groups is 8. The topological polar surface area (TPSA) is 229 Å². The van der Waals surface area contributed by atoms with Crippen LogP contribution in [0.5, 0.6) is 0 Å². The molecule has 2 aliphatic rings. The van der Waals surface area contributed by atoms with E-state index >= 15 is 0 Å². The SMILES string of the molecule is CC(=O)CCCCCCCCCC1OC(COC(=O)c2ccccc2)C(OC2OC(COC(=O)c3ccccc3)C(OC(=O)c3ccccc3)C(OC(=O)c3ccccc3)C2OC(=O)c2ccccc2)C(OC(=O)c2ccccc2)C1OC(=O)c1ccccc1. The van der Waals surface area contributed by atoms with E-state index in [2.05, 4.69) is 0 Å². The lowest BCUT2D eigenvalue weighted by molar-refractivity contribution is -0.339. The molecule has 466 valence electrons. The molecule has 9 rings (SSSR count). The van der Waals surface area contributed by atoms with Gasteiger partial charge in [-0.3, -0.25) is 0 Å². The van der Waals surface area contributed by atoms with Crippen LogP contribution in [0.4, 0.5) is 0 Å². The first-order chi connectivity index (χ1) is 43.9. The molecular weight excluding hydrogens is 1150 g/mol. The Bertz CT molecular complexity index is 3450. The number of hydrogen-bond donors (Lipinski definition) is 0. The molecule has 0 amide bonds. The summed E-state index contributed by atoms with van der Waals surface area (Å²) in [6.07, 6.45) is -10.5. The minimum atomic E-state index is -2.02. The number of Topliss-reactive ketones (excluding diaryl/α,β-unsaturated/α-hetero) is 1. The van der Waals surface area contributed by atoms with Crippen molar-refractivity contribution in [1.82, 2.24) is 0 Å². The molecule has 0 spiro atoms. The monoisotopic (exact) mass is 1220 g/mol. The molecule has 0 aliphatic carbocycles. The van der Waals surface area contributed by atoms with E-state index < -0.39 is 116 Å². The predicted octanol–water partition coefficient (Wildman–Crippen LogP) is 11.8. The van der Waals surface area contributed by atoms with Crippen molar-refractivity contribution >= 4 is 47.6 Å². The van der Waals surface area contributed by atoms with Gasteiger partial charge in [0.15, 0.2) is 36.8 Å². The minimum Gasteiger partial charge on any atom is -0.459 e. The summed E-state index contributed by atoms with van der Waals surface area (Å²) < 4.78 is 65.1. The van der Waals surface area contributed by atoms with Gasteiger partial charge in [-0.15, -0.1) is 0 Å². The van der Waals surface area contributed by atoms with Crippen molar-refractivity contribution in [2.75, 3.05) is 13.2 Å². The summed E-state index contributed by atoms with van der Waals surface area (Å²) in [5.74, 6) is -6.09. The fourth-order valence-electron chi connectivity index (χ4n) is 10.5. The molecule has 2 aliphatic heterocycles. The molecule has 0 saturated carbocycles. The van der Waals surface area contributed by atoms with Crippen molar-refractivity contribution in [3.8, 4) is 0 Å². The fraction of sp³-hybridized carbons (Fsp3) is 0.306. The Balaban J connectivity index is 1.18. The Hall–Kier alpha value is -9.62. The van der Waals surface area contributed by atoms with Crippen molar-refractivity contribution < 1.29 is 85.7 Å². The van der Waals surface area contributed by atoms with Crippen LogP contribution in [0.2, 0.25) is 0 Å². The van der Waals surface area contributed by atoms with Crippen LogP contribution in [0.3, 0.4) is 0 Å². The minimum absolute atomic E-state index is 0.0196. The average Bonchev–Trinajstić information content (AvgIpc) is 0.950. The van der Waals surface area contributed by atoms with Gasteiger partial charge in [-0.1, -0.05) is 166 Å². The molecule has 2 heterocycles. The molecule has 7 aromatic carbocycles. The molecule has 7 aromatic rings. The summed E-state index contributed by atoms with van der Waals surface area (Å²) in [4.78, 5) is 113. The second-order valence-corrected chi connectivity index (χ2v) is 21.7. The molecule has 10 unspecified atom stereocenters. The Kier molecular flexibility index (Phi) is 23.8. The maximum Gasteiger partial charge on any atom is 0.338 e. The quantitative estimate of drug-likeness (QED) is 0.0252. The average molecular weight is 1220 g/mol. The van der Waals surface area contributed by atoms with Crippen molar-refractivity contribution in [1.29, 1.82) is 0 Å². The van der Waals surface area contributed by atoms with Crippen LogP contribution in [-0.2, 0) is 52.2 Å². The molecule has 0 bridgehead atoms. The highest BCUT2D eigenvalue weighted by atomic mass is 16.8. The summed E-state index contributed by atoms with van der Waals surface area (Å²) in [7, 11) is 0. The third-order valence-corrected chi connectivity index (χ3v) is 15.2. The van der Waals surface area contributed by atoms with E-state index in [1.165, 1.54) is 60.7 Å². The van der Waals surface area contributed by atoms with Crippen molar-refractivity contribution in [2.45, 2.75) is 126 Å². The molecule has 2 fully saturated rings. The molecule has 10 atom stereocenters. The van der Waals surface area contributed by atoms with Crippen LogP contribution in [0.15, 0.2) is 212 Å². The number of hydrogen-bond acceptors (Lipinski definition) is 18. The summed E-state index contributed by atoms with van der Waals surface area (Å²) in [6, 6.07) is 55.8. The first-order valence-corrected chi connectivity index (χ1v) is 30.1. The number of unbranched alkanes of at least 4 members (excludes halogenated alkanes) is 6. The van der Waals surface area contributed by atoms with Crippen molar-refractivity contribution in [2.24, 2.45) is 0 Å². The molecule has 2 saturated heterocycles. The summed E-state index contributed by atoms with van der Waals surface area (Å²) >= 11 is 0. The predicted molar refractivity (Wildman–Crippen MR) is 326 cm³/mol. The van der Waals surface area contributed by atoms with Crippen molar-refractivity contribution in [3.05, 3.63) is 251 Å². The zero-order chi connectivity index (χ0) is 63.0. The van der Waals surface area contributed by atoms with Gasteiger partial charge in [-0.05, 0) is 105 Å². The van der Waals surface area contributed by atoms with Crippen LogP contribution in [-0.4, -0.2) is 122 Å². The lowest BCUT2D eigenvalue weighted by Gasteiger charge is -2.49. The van der Waals surface area contributed by atoms with Gasteiger partial charge in [0.05, 0.1) is 45.0 Å². The van der Waals surface area contributed by atoms with Gasteiger partial charge < -0.3 is 52.2 Å². The van der Waals surface area contributed by atoms with Gasteiger partial charge in [0.25, 0.3) is 0 Å². The van der Waals surface area contributed by atoms with Crippen LogP contribution >= 0.6 is 0 Å². The smallest absolute Gasteiger partial charge is 0.338 e. The van der Waals surface area contributed by atoms with E-state index in [0.717, 1.165) is 32.1 Å². The van der Waals surface area contributed by atoms with E-state index in [0.29, 0.717) is 19.3 Å². The first kappa shape index (κ1) is 64.8. The molecule has 0 aromatic heterocycles. The molecule has 18 nitrogen and oxygen atoms in total. The highest BCUT2D eigenvalue weighted by Gasteiger charge is 2.58. The Labute approximate surface area is 521 Å². The normalized spacial score (nSPS) is 21.1.